The van der Waals surface area contributed by atoms with Gasteiger partial charge in [0.05, 0.1) is 24.2 Å². The molecule has 1 unspecified atom stereocenters. The van der Waals surface area contributed by atoms with E-state index >= 15 is 0 Å². The fourth-order valence-corrected chi connectivity index (χ4v) is 4.21. The van der Waals surface area contributed by atoms with Crippen molar-refractivity contribution in [2.75, 3.05) is 52.4 Å². The van der Waals surface area contributed by atoms with E-state index in [9.17, 15) is 19.2 Å². The molecule has 0 aliphatic carbocycles. The molecule has 0 spiro atoms. The molecule has 1 fully saturated rings. The van der Waals surface area contributed by atoms with Crippen LogP contribution in [0.2, 0.25) is 0 Å². The van der Waals surface area contributed by atoms with Crippen molar-refractivity contribution < 1.29 is 19.2 Å². The van der Waals surface area contributed by atoms with E-state index in [0.717, 1.165) is 77.5 Å². The van der Waals surface area contributed by atoms with Gasteiger partial charge in [-0.2, -0.15) is 0 Å². The van der Waals surface area contributed by atoms with Crippen LogP contribution >= 0.6 is 0 Å². The highest BCUT2D eigenvalue weighted by Gasteiger charge is 2.15. The quantitative estimate of drug-likeness (QED) is 0.194. The third-order valence-electron chi connectivity index (χ3n) is 7.03. The molecule has 0 aromatic rings. The summed E-state index contributed by atoms with van der Waals surface area (Å²) >= 11 is 0. The highest BCUT2D eigenvalue weighted by molar-refractivity contribution is 5.83. The van der Waals surface area contributed by atoms with Gasteiger partial charge in [-0.3, -0.25) is 19.2 Å². The van der Waals surface area contributed by atoms with Gasteiger partial charge in [-0.25, -0.2) is 0 Å². The molecule has 0 aromatic heterocycles. The molecule has 1 aliphatic heterocycles. The second kappa shape index (κ2) is 22.4. The maximum Gasteiger partial charge on any atom is 0.236 e. The molecule has 1 saturated heterocycles. The summed E-state index contributed by atoms with van der Waals surface area (Å²) in [4.78, 5) is 49.1. The minimum absolute atomic E-state index is 0.0742. The maximum atomic E-state index is 12.3. The molecular weight excluding hydrogens is 512 g/mol. The van der Waals surface area contributed by atoms with Gasteiger partial charge in [0.2, 0.25) is 23.6 Å². The van der Waals surface area contributed by atoms with Crippen molar-refractivity contribution in [3.8, 4) is 0 Å². The number of hydrogen-bond donors (Lipinski definition) is 8. The molecule has 1 rings (SSSR count). The normalized spacial score (nSPS) is 28.5. The topological polar surface area (TPSA) is 165 Å². The largest absolute Gasteiger partial charge is 0.353 e. The van der Waals surface area contributed by atoms with Crippen LogP contribution < -0.4 is 42.5 Å². The van der Waals surface area contributed by atoms with E-state index in [1.54, 1.807) is 0 Å². The number of carbonyl (C=O) groups is 4. The van der Waals surface area contributed by atoms with E-state index in [1.807, 2.05) is 27.7 Å². The van der Waals surface area contributed by atoms with E-state index in [1.165, 1.54) is 0 Å². The highest BCUT2D eigenvalue weighted by atomic mass is 16.2. The average molecular weight is 569 g/mol. The Morgan fingerprint density at radius 2 is 0.550 bits per heavy atom. The Hall–Kier alpha value is -2.28. The maximum absolute atomic E-state index is 12.3. The monoisotopic (exact) mass is 568 g/mol. The molecule has 4 amide bonds. The second-order valence-corrected chi connectivity index (χ2v) is 10.7. The van der Waals surface area contributed by atoms with Crippen LogP contribution in [0.25, 0.3) is 0 Å². The predicted molar refractivity (Wildman–Crippen MR) is 159 cm³/mol. The summed E-state index contributed by atoms with van der Waals surface area (Å²) in [5, 5.41) is 24.4. The SMILES string of the molecule is CC1NCCCCCCN[C@@H](C)C(=O)NCCNC(=O)[C@H](C)NCCCCCCN[C@@H](C)C(=O)NCCNC1=O. The zero-order valence-electron chi connectivity index (χ0n) is 25.3. The van der Waals surface area contributed by atoms with E-state index in [4.69, 9.17) is 0 Å². The molecule has 0 saturated carbocycles. The first kappa shape index (κ1) is 35.7. The molecule has 40 heavy (non-hydrogen) atoms. The Kier molecular flexibility index (Phi) is 20.0. The van der Waals surface area contributed by atoms with Crippen LogP contribution in [0.15, 0.2) is 0 Å². The van der Waals surface area contributed by atoms with Crippen molar-refractivity contribution in [2.24, 2.45) is 0 Å². The van der Waals surface area contributed by atoms with E-state index < -0.39 is 0 Å². The molecule has 12 nitrogen and oxygen atoms in total. The summed E-state index contributed by atoms with van der Waals surface area (Å²) < 4.78 is 0. The lowest BCUT2D eigenvalue weighted by atomic mass is 10.1. The lowest BCUT2D eigenvalue weighted by Crippen LogP contribution is -2.47. The number of rotatable bonds is 0. The van der Waals surface area contributed by atoms with Crippen LogP contribution in [0.5, 0.6) is 0 Å². The van der Waals surface area contributed by atoms with Gasteiger partial charge < -0.3 is 42.5 Å². The number of nitrogens with one attached hydrogen (secondary N) is 8. The smallest absolute Gasteiger partial charge is 0.236 e. The van der Waals surface area contributed by atoms with Crippen molar-refractivity contribution >= 4 is 23.6 Å². The van der Waals surface area contributed by atoms with Crippen LogP contribution in [0.1, 0.15) is 79.1 Å². The van der Waals surface area contributed by atoms with Crippen molar-refractivity contribution in [3.05, 3.63) is 0 Å². The zero-order valence-corrected chi connectivity index (χ0v) is 25.3. The van der Waals surface area contributed by atoms with Crippen LogP contribution in [-0.2, 0) is 19.2 Å². The molecule has 1 heterocycles. The van der Waals surface area contributed by atoms with Gasteiger partial charge in [-0.15, -0.1) is 0 Å². The molecule has 12 heteroatoms. The summed E-state index contributed by atoms with van der Waals surface area (Å²) in [6, 6.07) is -1.17. The fraction of sp³-hybridized carbons (Fsp3) is 0.857. The second-order valence-electron chi connectivity index (χ2n) is 10.7. The van der Waals surface area contributed by atoms with Crippen molar-refractivity contribution in [1.82, 2.24) is 42.5 Å². The first-order valence-corrected chi connectivity index (χ1v) is 15.3. The molecule has 0 radical (unpaired) electrons. The molecule has 0 bridgehead atoms. The van der Waals surface area contributed by atoms with Gasteiger partial charge in [-0.1, -0.05) is 25.7 Å². The van der Waals surface area contributed by atoms with Crippen LogP contribution in [0, 0.1) is 0 Å². The Labute approximate surface area is 241 Å². The number of hydrogen-bond acceptors (Lipinski definition) is 8. The van der Waals surface area contributed by atoms with Gasteiger partial charge in [0, 0.05) is 26.2 Å². The molecule has 1 aliphatic rings. The first-order chi connectivity index (χ1) is 19.2. The van der Waals surface area contributed by atoms with Crippen molar-refractivity contribution in [2.45, 2.75) is 103 Å². The summed E-state index contributed by atoms with van der Waals surface area (Å²) in [7, 11) is 0. The average Bonchev–Trinajstić information content (AvgIpc) is 2.94. The Morgan fingerprint density at radius 1 is 0.350 bits per heavy atom. The van der Waals surface area contributed by atoms with E-state index in [-0.39, 0.29) is 47.8 Å². The van der Waals surface area contributed by atoms with Crippen LogP contribution in [-0.4, -0.2) is 100 Å². The van der Waals surface area contributed by atoms with Crippen molar-refractivity contribution in [1.29, 1.82) is 0 Å². The van der Waals surface area contributed by atoms with Gasteiger partial charge in [-0.05, 0) is 79.6 Å². The molecule has 232 valence electrons. The summed E-state index contributed by atoms with van der Waals surface area (Å²) in [5.74, 6) is -0.297. The van der Waals surface area contributed by atoms with Gasteiger partial charge in [0.15, 0.2) is 0 Å². The summed E-state index contributed by atoms with van der Waals surface area (Å²) in [5.41, 5.74) is 0. The number of carbonyl (C=O) groups excluding carboxylic acids is 4. The van der Waals surface area contributed by atoms with E-state index in [0.29, 0.717) is 26.2 Å². The third-order valence-corrected chi connectivity index (χ3v) is 7.03. The number of amides is 4. The molecular formula is C28H56N8O4. The first-order valence-electron chi connectivity index (χ1n) is 15.3. The summed E-state index contributed by atoms with van der Waals surface area (Å²) in [6.07, 6.45) is 8.01. The van der Waals surface area contributed by atoms with Crippen LogP contribution in [0.4, 0.5) is 0 Å². The van der Waals surface area contributed by atoms with Crippen LogP contribution in [0.3, 0.4) is 0 Å². The van der Waals surface area contributed by atoms with E-state index in [2.05, 4.69) is 42.5 Å². The summed E-state index contributed by atoms with van der Waals surface area (Å²) in [6.45, 7) is 11.9. The fourth-order valence-electron chi connectivity index (χ4n) is 4.21. The third kappa shape index (κ3) is 17.4. The van der Waals surface area contributed by atoms with Gasteiger partial charge in [0.25, 0.3) is 0 Å². The van der Waals surface area contributed by atoms with Gasteiger partial charge in [0.1, 0.15) is 0 Å². The minimum Gasteiger partial charge on any atom is -0.353 e. The van der Waals surface area contributed by atoms with Crippen molar-refractivity contribution in [3.63, 3.8) is 0 Å². The Morgan fingerprint density at radius 3 is 0.750 bits per heavy atom. The Bertz CT molecular complexity index is 619. The minimum atomic E-state index is -0.293. The Balaban J connectivity index is 2.43. The standard InChI is InChI=1S/C28H56N8O4/c1-21-25(37)33-17-18-34-26(38)22(2)31-15-11-7-8-12-16-32-24(4)28(40)36-20-19-35-27(39)23(3)30-14-10-6-5-9-13-29-21/h21-24,29-32H,5-20H2,1-4H3,(H,33,37)(H,34,38)(H,35,39)(H,36,40)/t21-,22-,23-,24?/m0/s1. The van der Waals surface area contributed by atoms with Gasteiger partial charge >= 0.3 is 0 Å². The molecule has 4 atom stereocenters. The zero-order chi connectivity index (χ0) is 29.6. The lowest BCUT2D eigenvalue weighted by Gasteiger charge is -2.17. The molecule has 8 N–H and O–H groups in total. The lowest BCUT2D eigenvalue weighted by molar-refractivity contribution is -0.124. The molecule has 0 aromatic carbocycles. The predicted octanol–water partition coefficient (Wildman–Crippen LogP) is -0.502. The highest BCUT2D eigenvalue weighted by Crippen LogP contribution is 2.00.